The highest BCUT2D eigenvalue weighted by Crippen LogP contribution is 2.32. The molecule has 6 nitrogen and oxygen atoms in total. The fourth-order valence-electron chi connectivity index (χ4n) is 4.99. The number of fused-ring (bicyclic) bond motifs is 1. The average Bonchev–Trinajstić information content (AvgIpc) is 3.12. The van der Waals surface area contributed by atoms with E-state index in [0.29, 0.717) is 6.04 Å². The summed E-state index contributed by atoms with van der Waals surface area (Å²) in [5.74, 6) is 0. The zero-order chi connectivity index (χ0) is 21.2. The van der Waals surface area contributed by atoms with Gasteiger partial charge in [0.1, 0.15) is 6.23 Å². The fraction of sp³-hybridized carbons (Fsp3) is 0.480. The number of nitrogens with one attached hydrogen (secondary N) is 1. The summed E-state index contributed by atoms with van der Waals surface area (Å²) in [6.45, 7) is 5.78. The van der Waals surface area contributed by atoms with Gasteiger partial charge in [0.25, 0.3) is 0 Å². The van der Waals surface area contributed by atoms with Crippen molar-refractivity contribution in [2.24, 2.45) is 0 Å². The number of aromatic nitrogens is 4. The Morgan fingerprint density at radius 3 is 2.84 bits per heavy atom. The molecule has 0 spiro atoms. The van der Waals surface area contributed by atoms with Crippen LogP contribution in [0.25, 0.3) is 11.1 Å². The SMILES string of the molecule is Cc1nn(C2CCCCO2)c(C)c1-c1ccc(CNC2CCCc3cccnc32)nc1. The minimum Gasteiger partial charge on any atom is -0.357 e. The van der Waals surface area contributed by atoms with E-state index >= 15 is 0 Å². The van der Waals surface area contributed by atoms with Gasteiger partial charge in [-0.2, -0.15) is 5.10 Å². The van der Waals surface area contributed by atoms with Crippen LogP contribution in [0.5, 0.6) is 0 Å². The first-order valence-corrected chi connectivity index (χ1v) is 11.5. The molecule has 0 aromatic carbocycles. The molecule has 0 bridgehead atoms. The van der Waals surface area contributed by atoms with Gasteiger partial charge in [0.2, 0.25) is 0 Å². The lowest BCUT2D eigenvalue weighted by Gasteiger charge is -2.25. The van der Waals surface area contributed by atoms with Crippen LogP contribution in [0.1, 0.15) is 72.7 Å². The fourth-order valence-corrected chi connectivity index (χ4v) is 4.99. The van der Waals surface area contributed by atoms with Crippen LogP contribution in [0.3, 0.4) is 0 Å². The van der Waals surface area contributed by atoms with Crippen molar-refractivity contribution in [3.8, 4) is 11.1 Å². The van der Waals surface area contributed by atoms with Gasteiger partial charge < -0.3 is 10.1 Å². The molecule has 3 aromatic heterocycles. The van der Waals surface area contributed by atoms with Crippen LogP contribution < -0.4 is 5.32 Å². The van der Waals surface area contributed by atoms with Gasteiger partial charge in [-0.1, -0.05) is 12.1 Å². The summed E-state index contributed by atoms with van der Waals surface area (Å²) < 4.78 is 8.02. The molecule has 1 aliphatic carbocycles. The molecule has 0 radical (unpaired) electrons. The smallest absolute Gasteiger partial charge is 0.150 e. The van der Waals surface area contributed by atoms with Crippen molar-refractivity contribution in [2.75, 3.05) is 6.61 Å². The number of pyridine rings is 2. The van der Waals surface area contributed by atoms with Crippen LogP contribution in [0, 0.1) is 13.8 Å². The van der Waals surface area contributed by atoms with Crippen LogP contribution in [0.4, 0.5) is 0 Å². The molecule has 1 saturated heterocycles. The van der Waals surface area contributed by atoms with Gasteiger partial charge in [-0.25, -0.2) is 4.68 Å². The first-order chi connectivity index (χ1) is 15.2. The molecule has 4 heterocycles. The Labute approximate surface area is 184 Å². The number of ether oxygens (including phenoxy) is 1. The van der Waals surface area contributed by atoms with Gasteiger partial charge in [0, 0.05) is 42.4 Å². The zero-order valence-electron chi connectivity index (χ0n) is 18.5. The van der Waals surface area contributed by atoms with E-state index < -0.39 is 0 Å². The zero-order valence-corrected chi connectivity index (χ0v) is 18.5. The molecule has 2 unspecified atom stereocenters. The standard InChI is InChI=1S/C25H31N5O/c1-17-24(18(2)30(29-17)23-10-3-4-14-31-23)20-11-12-21(27-15-20)16-28-22-9-5-7-19-8-6-13-26-25(19)22/h6,8,11-13,15,22-23,28H,3-5,7,9-10,14,16H2,1-2H3. The minimum atomic E-state index is 0.0598. The van der Waals surface area contributed by atoms with E-state index in [4.69, 9.17) is 14.8 Å². The van der Waals surface area contributed by atoms with E-state index in [2.05, 4.69) is 47.0 Å². The minimum absolute atomic E-state index is 0.0598. The molecular formula is C25H31N5O. The Balaban J connectivity index is 1.29. The summed E-state index contributed by atoms with van der Waals surface area (Å²) >= 11 is 0. The monoisotopic (exact) mass is 417 g/mol. The maximum Gasteiger partial charge on any atom is 0.150 e. The molecule has 2 atom stereocenters. The Morgan fingerprint density at radius 2 is 2.03 bits per heavy atom. The molecular weight excluding hydrogens is 386 g/mol. The molecule has 1 aliphatic heterocycles. The maximum atomic E-state index is 5.95. The van der Waals surface area contributed by atoms with Crippen molar-refractivity contribution in [1.82, 2.24) is 25.1 Å². The quantitative estimate of drug-likeness (QED) is 0.645. The lowest BCUT2D eigenvalue weighted by atomic mass is 9.92. The summed E-state index contributed by atoms with van der Waals surface area (Å²) in [6.07, 6.45) is 10.8. The van der Waals surface area contributed by atoms with Crippen molar-refractivity contribution in [3.05, 3.63) is 65.0 Å². The first kappa shape index (κ1) is 20.3. The second kappa shape index (κ2) is 8.89. The Morgan fingerprint density at radius 1 is 1.10 bits per heavy atom. The van der Waals surface area contributed by atoms with Crippen LogP contribution in [-0.2, 0) is 17.7 Å². The number of hydrogen-bond donors (Lipinski definition) is 1. The average molecular weight is 418 g/mol. The molecule has 1 N–H and O–H groups in total. The third-order valence-corrected chi connectivity index (χ3v) is 6.59. The van der Waals surface area contributed by atoms with E-state index in [1.54, 1.807) is 0 Å². The second-order valence-corrected chi connectivity index (χ2v) is 8.72. The predicted octanol–water partition coefficient (Wildman–Crippen LogP) is 4.82. The Bertz CT molecular complexity index is 1040. The summed E-state index contributed by atoms with van der Waals surface area (Å²) in [5, 5.41) is 8.46. The molecule has 162 valence electrons. The Kier molecular flexibility index (Phi) is 5.83. The highest BCUT2D eigenvalue weighted by molar-refractivity contribution is 5.67. The van der Waals surface area contributed by atoms with Crippen LogP contribution >= 0.6 is 0 Å². The normalized spacial score (nSPS) is 21.1. The highest BCUT2D eigenvalue weighted by atomic mass is 16.5. The lowest BCUT2D eigenvalue weighted by molar-refractivity contribution is -0.0407. The molecule has 0 saturated carbocycles. The van der Waals surface area contributed by atoms with Gasteiger partial charge in [0.05, 0.1) is 23.1 Å². The third-order valence-electron chi connectivity index (χ3n) is 6.59. The van der Waals surface area contributed by atoms with Gasteiger partial charge in [-0.15, -0.1) is 0 Å². The van der Waals surface area contributed by atoms with Crippen molar-refractivity contribution >= 4 is 0 Å². The topological polar surface area (TPSA) is 64.9 Å². The van der Waals surface area contributed by atoms with E-state index in [9.17, 15) is 0 Å². The van der Waals surface area contributed by atoms with Crippen LogP contribution in [-0.4, -0.2) is 26.4 Å². The molecule has 31 heavy (non-hydrogen) atoms. The first-order valence-electron chi connectivity index (χ1n) is 11.5. The van der Waals surface area contributed by atoms with E-state index in [0.717, 1.165) is 61.5 Å². The number of hydrogen-bond acceptors (Lipinski definition) is 5. The lowest BCUT2D eigenvalue weighted by Crippen LogP contribution is -2.26. The molecule has 3 aromatic rings. The van der Waals surface area contributed by atoms with Crippen molar-refractivity contribution in [3.63, 3.8) is 0 Å². The second-order valence-electron chi connectivity index (χ2n) is 8.72. The van der Waals surface area contributed by atoms with E-state index in [1.165, 1.54) is 29.7 Å². The van der Waals surface area contributed by atoms with Gasteiger partial charge in [0.15, 0.2) is 0 Å². The van der Waals surface area contributed by atoms with E-state index in [-0.39, 0.29) is 6.23 Å². The summed E-state index contributed by atoms with van der Waals surface area (Å²) in [5.41, 5.74) is 8.10. The van der Waals surface area contributed by atoms with Crippen LogP contribution in [0.15, 0.2) is 36.7 Å². The van der Waals surface area contributed by atoms with Crippen molar-refractivity contribution < 1.29 is 4.74 Å². The van der Waals surface area contributed by atoms with Gasteiger partial charge >= 0.3 is 0 Å². The van der Waals surface area contributed by atoms with Crippen molar-refractivity contribution in [1.29, 1.82) is 0 Å². The van der Waals surface area contributed by atoms with Crippen LogP contribution in [0.2, 0.25) is 0 Å². The molecule has 5 rings (SSSR count). The molecule has 0 amide bonds. The molecule has 6 heteroatoms. The van der Waals surface area contributed by atoms with Gasteiger partial charge in [-0.3, -0.25) is 9.97 Å². The molecule has 2 aliphatic rings. The number of nitrogens with zero attached hydrogens (tertiary/aromatic N) is 4. The van der Waals surface area contributed by atoms with E-state index in [1.807, 2.05) is 18.5 Å². The molecule has 1 fully saturated rings. The number of rotatable bonds is 5. The van der Waals surface area contributed by atoms with Gasteiger partial charge in [-0.05, 0) is 70.1 Å². The third kappa shape index (κ3) is 4.14. The maximum absolute atomic E-state index is 5.95. The summed E-state index contributed by atoms with van der Waals surface area (Å²) in [7, 11) is 0. The summed E-state index contributed by atoms with van der Waals surface area (Å²) in [4.78, 5) is 9.37. The highest BCUT2D eigenvalue weighted by Gasteiger charge is 2.23. The largest absolute Gasteiger partial charge is 0.357 e. The predicted molar refractivity (Wildman–Crippen MR) is 121 cm³/mol. The Hall–Kier alpha value is -2.57. The number of aryl methyl sites for hydroxylation is 2. The summed E-state index contributed by atoms with van der Waals surface area (Å²) in [6, 6.07) is 8.84. The van der Waals surface area contributed by atoms with Crippen molar-refractivity contribution in [2.45, 2.75) is 71.2 Å².